The molecule has 2 aromatic carbocycles. The first kappa shape index (κ1) is 21.1. The Morgan fingerprint density at radius 3 is 2.55 bits per heavy atom. The van der Waals surface area contributed by atoms with Crippen molar-refractivity contribution in [2.24, 2.45) is 0 Å². The molecule has 0 bridgehead atoms. The molecule has 0 radical (unpaired) electrons. The van der Waals surface area contributed by atoms with E-state index in [0.29, 0.717) is 23.5 Å². The van der Waals surface area contributed by atoms with Gasteiger partial charge in [0.05, 0.1) is 5.69 Å². The summed E-state index contributed by atoms with van der Waals surface area (Å²) >= 11 is 1.38. The van der Waals surface area contributed by atoms with Gasteiger partial charge in [0.15, 0.2) is 5.13 Å². The topological polar surface area (TPSA) is 65.5 Å². The smallest absolute Gasteiger partial charge is 0.257 e. The van der Waals surface area contributed by atoms with Gasteiger partial charge in [-0.3, -0.25) is 14.9 Å². The molecule has 1 saturated heterocycles. The molecule has 0 atom stereocenters. The number of aryl methyl sites for hydroxylation is 2. The molecule has 1 aliphatic rings. The van der Waals surface area contributed by atoms with Gasteiger partial charge in [0, 0.05) is 49.2 Å². The quantitative estimate of drug-likeness (QED) is 0.637. The number of piperazine rings is 1. The Morgan fingerprint density at radius 1 is 1.03 bits per heavy atom. The van der Waals surface area contributed by atoms with Gasteiger partial charge >= 0.3 is 0 Å². The Morgan fingerprint density at radius 2 is 1.81 bits per heavy atom. The van der Waals surface area contributed by atoms with E-state index in [1.54, 1.807) is 12.1 Å². The highest BCUT2D eigenvalue weighted by molar-refractivity contribution is 7.14. The van der Waals surface area contributed by atoms with Crippen molar-refractivity contribution in [3.8, 4) is 0 Å². The number of thiazole rings is 1. The van der Waals surface area contributed by atoms with Crippen molar-refractivity contribution in [3.63, 3.8) is 0 Å². The van der Waals surface area contributed by atoms with Crippen LogP contribution in [0.3, 0.4) is 0 Å². The van der Waals surface area contributed by atoms with Crippen molar-refractivity contribution in [2.75, 3.05) is 36.4 Å². The molecule has 1 N–H and O–H groups in total. The average molecular weight is 435 g/mol. The van der Waals surface area contributed by atoms with Crippen LogP contribution in [0.5, 0.6) is 0 Å². The summed E-state index contributed by atoms with van der Waals surface area (Å²) in [5.74, 6) is -0.0178. The zero-order valence-corrected chi connectivity index (χ0v) is 18.4. The van der Waals surface area contributed by atoms with Crippen molar-refractivity contribution < 1.29 is 9.59 Å². The van der Waals surface area contributed by atoms with Crippen LogP contribution >= 0.6 is 11.3 Å². The van der Waals surface area contributed by atoms with Gasteiger partial charge < -0.3 is 9.80 Å². The van der Waals surface area contributed by atoms with Gasteiger partial charge in [-0.1, -0.05) is 30.3 Å². The average Bonchev–Trinajstić information content (AvgIpc) is 3.25. The highest BCUT2D eigenvalue weighted by Crippen LogP contribution is 2.20. The van der Waals surface area contributed by atoms with Crippen LogP contribution in [-0.4, -0.2) is 47.9 Å². The molecule has 1 fully saturated rings. The molecule has 6 nitrogen and oxygen atoms in total. The Balaban J connectivity index is 1.24. The van der Waals surface area contributed by atoms with Crippen LogP contribution in [0.15, 0.2) is 60.0 Å². The standard InChI is InChI=1S/C24H26N4O2S/c1-18-6-5-9-21(16-18)27-12-14-28(15-13-27)22(29)11-10-20-17-31-24(25-20)26-23(30)19-7-3-2-4-8-19/h2-9,16-17H,10-15H2,1H3,(H,25,26,30). The van der Waals surface area contributed by atoms with Crippen LogP contribution in [0, 0.1) is 6.92 Å². The summed E-state index contributed by atoms with van der Waals surface area (Å²) in [6.07, 6.45) is 1.01. The van der Waals surface area contributed by atoms with E-state index in [1.165, 1.54) is 22.6 Å². The largest absolute Gasteiger partial charge is 0.368 e. The van der Waals surface area contributed by atoms with E-state index in [2.05, 4.69) is 46.4 Å². The monoisotopic (exact) mass is 434 g/mol. The summed E-state index contributed by atoms with van der Waals surface area (Å²) < 4.78 is 0. The SMILES string of the molecule is Cc1cccc(N2CCN(C(=O)CCc3csc(NC(=O)c4ccccc4)n3)CC2)c1. The van der Waals surface area contributed by atoms with Crippen molar-refractivity contribution in [1.82, 2.24) is 9.88 Å². The predicted octanol–water partition coefficient (Wildman–Crippen LogP) is 3.99. The van der Waals surface area contributed by atoms with Crippen molar-refractivity contribution in [1.29, 1.82) is 0 Å². The first-order valence-corrected chi connectivity index (χ1v) is 11.4. The normalized spacial score (nSPS) is 13.8. The van der Waals surface area contributed by atoms with Crippen LogP contribution in [0.1, 0.15) is 28.0 Å². The summed E-state index contributed by atoms with van der Waals surface area (Å²) in [7, 11) is 0. The molecule has 1 aliphatic heterocycles. The lowest BCUT2D eigenvalue weighted by Crippen LogP contribution is -2.48. The van der Waals surface area contributed by atoms with Crippen molar-refractivity contribution >= 4 is 34.0 Å². The van der Waals surface area contributed by atoms with Gasteiger partial charge in [0.2, 0.25) is 5.91 Å². The van der Waals surface area contributed by atoms with Crippen LogP contribution in [-0.2, 0) is 11.2 Å². The minimum absolute atomic E-state index is 0.159. The fourth-order valence-electron chi connectivity index (χ4n) is 3.67. The minimum Gasteiger partial charge on any atom is -0.368 e. The van der Waals surface area contributed by atoms with Crippen molar-refractivity contribution in [2.45, 2.75) is 19.8 Å². The lowest BCUT2D eigenvalue weighted by molar-refractivity contribution is -0.131. The summed E-state index contributed by atoms with van der Waals surface area (Å²) in [5, 5.41) is 5.29. The summed E-state index contributed by atoms with van der Waals surface area (Å²) in [4.78, 5) is 33.6. The minimum atomic E-state index is -0.177. The molecule has 3 aromatic rings. The van der Waals surface area contributed by atoms with E-state index in [4.69, 9.17) is 0 Å². The van der Waals surface area contributed by atoms with Gasteiger partial charge in [-0.25, -0.2) is 4.98 Å². The summed E-state index contributed by atoms with van der Waals surface area (Å²) in [6.45, 7) is 5.27. The number of amides is 2. The third-order valence-corrected chi connectivity index (χ3v) is 6.21. The first-order chi connectivity index (χ1) is 15.1. The molecular weight excluding hydrogens is 408 g/mol. The fourth-order valence-corrected chi connectivity index (χ4v) is 4.41. The van der Waals surface area contributed by atoms with E-state index in [1.807, 2.05) is 28.5 Å². The maximum absolute atomic E-state index is 12.7. The maximum Gasteiger partial charge on any atom is 0.257 e. The summed E-state index contributed by atoms with van der Waals surface area (Å²) in [5.41, 5.74) is 3.90. The lowest BCUT2D eigenvalue weighted by Gasteiger charge is -2.36. The highest BCUT2D eigenvalue weighted by Gasteiger charge is 2.21. The Bertz CT molecular complexity index is 1040. The predicted molar refractivity (Wildman–Crippen MR) is 125 cm³/mol. The maximum atomic E-state index is 12.7. The molecular formula is C24H26N4O2S. The van der Waals surface area contributed by atoms with Crippen LogP contribution in [0.4, 0.5) is 10.8 Å². The Labute approximate surface area is 186 Å². The number of carbonyl (C=O) groups excluding carboxylic acids is 2. The van der Waals surface area contributed by atoms with Gasteiger partial charge in [-0.2, -0.15) is 0 Å². The molecule has 160 valence electrons. The molecule has 7 heteroatoms. The van der Waals surface area contributed by atoms with Crippen LogP contribution < -0.4 is 10.2 Å². The second kappa shape index (κ2) is 9.75. The number of nitrogens with zero attached hydrogens (tertiary/aromatic N) is 3. The second-order valence-electron chi connectivity index (χ2n) is 7.67. The number of aromatic nitrogens is 1. The van der Waals surface area contributed by atoms with E-state index < -0.39 is 0 Å². The fraction of sp³-hybridized carbons (Fsp3) is 0.292. The van der Waals surface area contributed by atoms with E-state index in [9.17, 15) is 9.59 Å². The number of hydrogen-bond donors (Lipinski definition) is 1. The van der Waals surface area contributed by atoms with Gasteiger partial charge in [-0.15, -0.1) is 11.3 Å². The molecule has 2 heterocycles. The molecule has 0 aliphatic carbocycles. The number of nitrogens with one attached hydrogen (secondary N) is 1. The van der Waals surface area contributed by atoms with Crippen LogP contribution in [0.2, 0.25) is 0 Å². The second-order valence-corrected chi connectivity index (χ2v) is 8.53. The lowest BCUT2D eigenvalue weighted by atomic mass is 10.1. The molecule has 4 rings (SSSR count). The Kier molecular flexibility index (Phi) is 6.62. The third-order valence-electron chi connectivity index (χ3n) is 5.40. The number of anilines is 2. The van der Waals surface area contributed by atoms with Gasteiger partial charge in [0.25, 0.3) is 5.91 Å². The van der Waals surface area contributed by atoms with Crippen molar-refractivity contribution in [3.05, 3.63) is 76.8 Å². The summed E-state index contributed by atoms with van der Waals surface area (Å²) in [6, 6.07) is 17.5. The molecule has 2 amide bonds. The zero-order valence-electron chi connectivity index (χ0n) is 17.6. The van der Waals surface area contributed by atoms with Gasteiger partial charge in [-0.05, 0) is 43.2 Å². The number of hydrogen-bond acceptors (Lipinski definition) is 5. The third kappa shape index (κ3) is 5.49. The number of rotatable bonds is 6. The van der Waals surface area contributed by atoms with Gasteiger partial charge in [0.1, 0.15) is 0 Å². The zero-order chi connectivity index (χ0) is 21.6. The number of carbonyl (C=O) groups is 2. The molecule has 0 unspecified atom stereocenters. The van der Waals surface area contributed by atoms with E-state index >= 15 is 0 Å². The van der Waals surface area contributed by atoms with E-state index in [0.717, 1.165) is 31.9 Å². The number of benzene rings is 2. The Hall–Kier alpha value is -3.19. The molecule has 1 aromatic heterocycles. The first-order valence-electron chi connectivity index (χ1n) is 10.5. The highest BCUT2D eigenvalue weighted by atomic mass is 32.1. The molecule has 0 spiro atoms. The molecule has 31 heavy (non-hydrogen) atoms. The van der Waals surface area contributed by atoms with E-state index in [-0.39, 0.29) is 11.8 Å². The molecule has 0 saturated carbocycles. The van der Waals surface area contributed by atoms with Crippen LogP contribution in [0.25, 0.3) is 0 Å².